The Bertz CT molecular complexity index is 592. The molecule has 2 aromatic carbocycles. The molecular weight excluding hydrogens is 234 g/mol. The highest BCUT2D eigenvalue weighted by molar-refractivity contribution is 5.69. The zero-order chi connectivity index (χ0) is 13.2. The molecule has 1 atom stereocenters. The largest absolute Gasteiger partial charge is 0.493 e. The van der Waals surface area contributed by atoms with E-state index in [1.165, 1.54) is 22.3 Å². The van der Waals surface area contributed by atoms with Gasteiger partial charge in [0.05, 0.1) is 6.61 Å². The van der Waals surface area contributed by atoms with Gasteiger partial charge in [0.15, 0.2) is 0 Å². The summed E-state index contributed by atoms with van der Waals surface area (Å²) >= 11 is 0. The molecule has 0 amide bonds. The maximum Gasteiger partial charge on any atom is 0.123 e. The number of fused-ring (bicyclic) bond motifs is 1. The Hall–Kier alpha value is -1.80. The van der Waals surface area contributed by atoms with Crippen molar-refractivity contribution in [3.63, 3.8) is 0 Å². The molecule has 2 nitrogen and oxygen atoms in total. The summed E-state index contributed by atoms with van der Waals surface area (Å²) in [6.07, 6.45) is 1.02. The Morgan fingerprint density at radius 2 is 2.05 bits per heavy atom. The number of rotatable bonds is 2. The van der Waals surface area contributed by atoms with Crippen LogP contribution in [0.25, 0.3) is 11.1 Å². The van der Waals surface area contributed by atoms with E-state index >= 15 is 0 Å². The lowest BCUT2D eigenvalue weighted by Gasteiger charge is -2.25. The Morgan fingerprint density at radius 3 is 2.84 bits per heavy atom. The second-order valence-electron chi connectivity index (χ2n) is 5.14. The van der Waals surface area contributed by atoms with Crippen molar-refractivity contribution >= 4 is 0 Å². The Kier molecular flexibility index (Phi) is 3.26. The van der Waals surface area contributed by atoms with E-state index in [4.69, 9.17) is 10.5 Å². The summed E-state index contributed by atoms with van der Waals surface area (Å²) in [5, 5.41) is 0. The van der Waals surface area contributed by atoms with E-state index in [9.17, 15) is 0 Å². The highest BCUT2D eigenvalue weighted by Crippen LogP contribution is 2.36. The van der Waals surface area contributed by atoms with Gasteiger partial charge in [0.2, 0.25) is 0 Å². The summed E-state index contributed by atoms with van der Waals surface area (Å²) in [4.78, 5) is 0. The smallest absolute Gasteiger partial charge is 0.123 e. The molecule has 19 heavy (non-hydrogen) atoms. The molecule has 0 bridgehead atoms. The van der Waals surface area contributed by atoms with Crippen molar-refractivity contribution in [3.05, 3.63) is 53.6 Å². The summed E-state index contributed by atoms with van der Waals surface area (Å²) in [5.41, 5.74) is 10.9. The van der Waals surface area contributed by atoms with Gasteiger partial charge in [-0.05, 0) is 48.2 Å². The molecule has 0 radical (unpaired) electrons. The second-order valence-corrected chi connectivity index (χ2v) is 5.14. The molecule has 0 aliphatic carbocycles. The Labute approximate surface area is 114 Å². The maximum absolute atomic E-state index is 5.84. The molecule has 0 fully saturated rings. The third-order valence-corrected chi connectivity index (χ3v) is 3.92. The van der Waals surface area contributed by atoms with E-state index in [1.54, 1.807) is 0 Å². The first-order chi connectivity index (χ1) is 9.29. The van der Waals surface area contributed by atoms with Gasteiger partial charge in [-0.1, -0.05) is 36.4 Å². The summed E-state index contributed by atoms with van der Waals surface area (Å²) in [6.45, 7) is 3.60. The summed E-state index contributed by atoms with van der Waals surface area (Å²) < 4.78 is 5.80. The molecule has 0 aromatic heterocycles. The van der Waals surface area contributed by atoms with Gasteiger partial charge in [-0.15, -0.1) is 0 Å². The molecule has 0 saturated heterocycles. The van der Waals surface area contributed by atoms with Crippen molar-refractivity contribution in [3.8, 4) is 16.9 Å². The minimum absolute atomic E-state index is 0.440. The topological polar surface area (TPSA) is 35.2 Å². The van der Waals surface area contributed by atoms with E-state index in [0.717, 1.165) is 18.8 Å². The molecule has 1 heterocycles. The normalized spacial score (nSPS) is 17.7. The van der Waals surface area contributed by atoms with E-state index < -0.39 is 0 Å². The SMILES string of the molecule is Cc1ccccc1-c1ccc2c(c1)OCCC2CN. The first-order valence-electron chi connectivity index (χ1n) is 6.82. The lowest BCUT2D eigenvalue weighted by Crippen LogP contribution is -2.20. The number of benzene rings is 2. The number of hydrogen-bond donors (Lipinski definition) is 1. The molecule has 1 aliphatic rings. The summed E-state index contributed by atoms with van der Waals surface area (Å²) in [7, 11) is 0. The van der Waals surface area contributed by atoms with E-state index in [-0.39, 0.29) is 0 Å². The zero-order valence-electron chi connectivity index (χ0n) is 11.2. The fourth-order valence-corrected chi connectivity index (χ4v) is 2.77. The molecule has 0 saturated carbocycles. The standard InChI is InChI=1S/C17H19NO/c1-12-4-2-3-5-15(12)13-6-7-16-14(11-18)8-9-19-17(16)10-13/h2-7,10,14H,8-9,11,18H2,1H3. The second kappa shape index (κ2) is 5.06. The van der Waals surface area contributed by atoms with Gasteiger partial charge in [-0.25, -0.2) is 0 Å². The zero-order valence-corrected chi connectivity index (χ0v) is 11.2. The van der Waals surface area contributed by atoms with Crippen LogP contribution in [0.3, 0.4) is 0 Å². The van der Waals surface area contributed by atoms with Gasteiger partial charge in [0.1, 0.15) is 5.75 Å². The summed E-state index contributed by atoms with van der Waals surface area (Å²) in [6, 6.07) is 14.9. The lowest BCUT2D eigenvalue weighted by molar-refractivity contribution is 0.269. The van der Waals surface area contributed by atoms with Gasteiger partial charge in [-0.3, -0.25) is 0 Å². The molecule has 1 unspecified atom stereocenters. The average Bonchev–Trinajstić information content (AvgIpc) is 2.46. The van der Waals surface area contributed by atoms with Crippen LogP contribution in [0.15, 0.2) is 42.5 Å². The Balaban J connectivity index is 2.05. The monoisotopic (exact) mass is 253 g/mol. The summed E-state index contributed by atoms with van der Waals surface area (Å²) in [5.74, 6) is 1.44. The highest BCUT2D eigenvalue weighted by atomic mass is 16.5. The first-order valence-corrected chi connectivity index (χ1v) is 6.82. The van der Waals surface area contributed by atoms with Gasteiger partial charge < -0.3 is 10.5 Å². The van der Waals surface area contributed by atoms with E-state index in [0.29, 0.717) is 12.5 Å². The van der Waals surface area contributed by atoms with Gasteiger partial charge in [0, 0.05) is 5.92 Å². The van der Waals surface area contributed by atoms with Gasteiger partial charge in [-0.2, -0.15) is 0 Å². The van der Waals surface area contributed by atoms with E-state index in [2.05, 4.69) is 49.4 Å². The lowest BCUT2D eigenvalue weighted by atomic mass is 9.90. The quantitative estimate of drug-likeness (QED) is 0.889. The van der Waals surface area contributed by atoms with Crippen molar-refractivity contribution in [2.24, 2.45) is 5.73 Å². The van der Waals surface area contributed by atoms with Crippen LogP contribution in [-0.4, -0.2) is 13.2 Å². The van der Waals surface area contributed by atoms with Crippen LogP contribution < -0.4 is 10.5 Å². The number of aryl methyl sites for hydroxylation is 1. The van der Waals surface area contributed by atoms with Crippen molar-refractivity contribution in [1.82, 2.24) is 0 Å². The average molecular weight is 253 g/mol. The van der Waals surface area contributed by atoms with Gasteiger partial charge in [0.25, 0.3) is 0 Å². The van der Waals surface area contributed by atoms with Crippen LogP contribution in [0.2, 0.25) is 0 Å². The molecule has 0 spiro atoms. The molecule has 2 aromatic rings. The van der Waals surface area contributed by atoms with Crippen molar-refractivity contribution in [2.75, 3.05) is 13.2 Å². The van der Waals surface area contributed by atoms with Crippen LogP contribution in [0.4, 0.5) is 0 Å². The fraction of sp³-hybridized carbons (Fsp3) is 0.294. The fourth-order valence-electron chi connectivity index (χ4n) is 2.77. The van der Waals surface area contributed by atoms with Crippen LogP contribution >= 0.6 is 0 Å². The molecule has 1 aliphatic heterocycles. The van der Waals surface area contributed by atoms with E-state index in [1.807, 2.05) is 0 Å². The van der Waals surface area contributed by atoms with Gasteiger partial charge >= 0.3 is 0 Å². The molecular formula is C17H19NO. The molecule has 98 valence electrons. The minimum Gasteiger partial charge on any atom is -0.493 e. The van der Waals surface area contributed by atoms with Crippen LogP contribution in [0.5, 0.6) is 5.75 Å². The van der Waals surface area contributed by atoms with Crippen molar-refractivity contribution in [1.29, 1.82) is 0 Å². The maximum atomic E-state index is 5.84. The molecule has 2 N–H and O–H groups in total. The van der Waals surface area contributed by atoms with Crippen LogP contribution in [0, 0.1) is 6.92 Å². The molecule has 2 heteroatoms. The number of ether oxygens (including phenoxy) is 1. The number of hydrogen-bond acceptors (Lipinski definition) is 2. The van der Waals surface area contributed by atoms with Crippen molar-refractivity contribution < 1.29 is 4.74 Å². The minimum atomic E-state index is 0.440. The Morgan fingerprint density at radius 1 is 1.21 bits per heavy atom. The number of nitrogens with two attached hydrogens (primary N) is 1. The predicted octanol–water partition coefficient (Wildman–Crippen LogP) is 3.49. The molecule has 3 rings (SSSR count). The van der Waals surface area contributed by atoms with Crippen LogP contribution in [0.1, 0.15) is 23.5 Å². The highest BCUT2D eigenvalue weighted by Gasteiger charge is 2.20. The van der Waals surface area contributed by atoms with Crippen molar-refractivity contribution in [2.45, 2.75) is 19.3 Å². The predicted molar refractivity (Wildman–Crippen MR) is 78.5 cm³/mol. The third-order valence-electron chi connectivity index (χ3n) is 3.92. The van der Waals surface area contributed by atoms with Crippen LogP contribution in [-0.2, 0) is 0 Å². The first kappa shape index (κ1) is 12.2. The third kappa shape index (κ3) is 2.24.